The highest BCUT2D eigenvalue weighted by molar-refractivity contribution is 5.93. The molecule has 2 aliphatic rings. The van der Waals surface area contributed by atoms with Gasteiger partial charge in [0.25, 0.3) is 0 Å². The van der Waals surface area contributed by atoms with Gasteiger partial charge in [-0.15, -0.1) is 0 Å². The van der Waals surface area contributed by atoms with Crippen molar-refractivity contribution in [2.24, 2.45) is 0 Å². The van der Waals surface area contributed by atoms with Gasteiger partial charge in [-0.25, -0.2) is 0 Å². The maximum atomic E-state index is 4.69. The number of hydrogen-bond acceptors (Lipinski definition) is 1. The SMILES string of the molecule is C=C/C=C\C(=C(C)C)C1(C(=C)C)c2ccccc2-c2ccc(N(c3ccc4c(c3)C(C)(C)C(C)=C4C)c3ccccc3C(=C)C=C)cc21. The van der Waals surface area contributed by atoms with Gasteiger partial charge in [0, 0.05) is 22.4 Å². The average molecular weight is 626 g/mol. The van der Waals surface area contributed by atoms with E-state index in [0.717, 1.165) is 33.8 Å². The zero-order valence-corrected chi connectivity index (χ0v) is 29.7. The maximum absolute atomic E-state index is 4.69. The molecular formula is C47H47N. The van der Waals surface area contributed by atoms with E-state index in [9.17, 15) is 0 Å². The zero-order chi connectivity index (χ0) is 34.5. The number of para-hydroxylation sites is 1. The Labute approximate surface area is 288 Å². The molecule has 48 heavy (non-hydrogen) atoms. The van der Waals surface area contributed by atoms with Gasteiger partial charge in [-0.3, -0.25) is 0 Å². The second-order valence-corrected chi connectivity index (χ2v) is 14.0. The summed E-state index contributed by atoms with van der Waals surface area (Å²) in [4.78, 5) is 2.40. The van der Waals surface area contributed by atoms with Crippen LogP contribution in [-0.2, 0) is 10.8 Å². The van der Waals surface area contributed by atoms with Gasteiger partial charge in [0.2, 0.25) is 0 Å². The Bertz CT molecular complexity index is 2120. The molecule has 1 heteroatoms. The number of allylic oxidation sites excluding steroid dienone is 10. The van der Waals surface area contributed by atoms with Gasteiger partial charge >= 0.3 is 0 Å². The van der Waals surface area contributed by atoms with Gasteiger partial charge in [0.05, 0.1) is 11.1 Å². The fourth-order valence-electron chi connectivity index (χ4n) is 8.08. The van der Waals surface area contributed by atoms with Crippen molar-refractivity contribution in [2.45, 2.75) is 59.3 Å². The van der Waals surface area contributed by atoms with Gasteiger partial charge in [0.15, 0.2) is 0 Å². The van der Waals surface area contributed by atoms with E-state index in [1.807, 2.05) is 18.2 Å². The van der Waals surface area contributed by atoms with Gasteiger partial charge in [0.1, 0.15) is 0 Å². The Balaban J connectivity index is 1.69. The molecule has 0 spiro atoms. The lowest BCUT2D eigenvalue weighted by molar-refractivity contribution is 0.639. The van der Waals surface area contributed by atoms with Crippen molar-refractivity contribution >= 4 is 28.2 Å². The maximum Gasteiger partial charge on any atom is 0.0668 e. The molecule has 0 fully saturated rings. The van der Waals surface area contributed by atoms with Crippen LogP contribution in [0.5, 0.6) is 0 Å². The summed E-state index contributed by atoms with van der Waals surface area (Å²) < 4.78 is 0. The summed E-state index contributed by atoms with van der Waals surface area (Å²) in [5.41, 5.74) is 18.6. The second-order valence-electron chi connectivity index (χ2n) is 14.0. The molecule has 0 heterocycles. The summed E-state index contributed by atoms with van der Waals surface area (Å²) in [5.74, 6) is 0. The zero-order valence-electron chi connectivity index (χ0n) is 29.7. The van der Waals surface area contributed by atoms with Crippen molar-refractivity contribution in [3.63, 3.8) is 0 Å². The Morgan fingerprint density at radius 3 is 1.96 bits per heavy atom. The minimum atomic E-state index is -0.533. The number of nitrogens with zero attached hydrogens (tertiary/aromatic N) is 1. The lowest BCUT2D eigenvalue weighted by Gasteiger charge is -2.37. The van der Waals surface area contributed by atoms with E-state index in [0.29, 0.717) is 0 Å². The summed E-state index contributed by atoms with van der Waals surface area (Å²) in [7, 11) is 0. The van der Waals surface area contributed by atoms with Crippen molar-refractivity contribution in [2.75, 3.05) is 4.90 Å². The molecule has 0 aromatic heterocycles. The number of hydrogen-bond donors (Lipinski definition) is 0. The smallest absolute Gasteiger partial charge is 0.0668 e. The van der Waals surface area contributed by atoms with E-state index >= 15 is 0 Å². The topological polar surface area (TPSA) is 3.24 Å². The fraction of sp³-hybridized carbons (Fsp3) is 0.191. The molecule has 1 unspecified atom stereocenters. The summed E-state index contributed by atoms with van der Waals surface area (Å²) in [5, 5.41) is 0. The summed E-state index contributed by atoms with van der Waals surface area (Å²) >= 11 is 0. The van der Waals surface area contributed by atoms with E-state index in [4.69, 9.17) is 6.58 Å². The highest BCUT2D eigenvalue weighted by Gasteiger charge is 2.46. The van der Waals surface area contributed by atoms with Crippen LogP contribution in [0, 0.1) is 0 Å². The molecular weight excluding hydrogens is 579 g/mol. The minimum absolute atomic E-state index is 0.0597. The van der Waals surface area contributed by atoms with Crippen LogP contribution in [-0.4, -0.2) is 0 Å². The molecule has 0 saturated carbocycles. The minimum Gasteiger partial charge on any atom is -0.310 e. The summed E-state index contributed by atoms with van der Waals surface area (Å²) in [6.45, 7) is 32.9. The molecule has 0 bridgehead atoms. The van der Waals surface area contributed by atoms with E-state index in [-0.39, 0.29) is 5.41 Å². The predicted molar refractivity (Wildman–Crippen MR) is 210 cm³/mol. The molecule has 6 rings (SSSR count). The number of rotatable bonds is 9. The number of benzene rings is 4. The van der Waals surface area contributed by atoms with Crippen LogP contribution in [0.2, 0.25) is 0 Å². The van der Waals surface area contributed by atoms with Crippen LogP contribution < -0.4 is 4.90 Å². The third kappa shape index (κ3) is 4.75. The summed E-state index contributed by atoms with van der Waals surface area (Å²) in [6, 6.07) is 31.3. The molecule has 240 valence electrons. The number of anilines is 3. The quantitative estimate of drug-likeness (QED) is 0.132. The third-order valence-electron chi connectivity index (χ3n) is 10.8. The Morgan fingerprint density at radius 1 is 0.708 bits per heavy atom. The van der Waals surface area contributed by atoms with Crippen molar-refractivity contribution in [3.05, 3.63) is 186 Å². The lowest BCUT2D eigenvalue weighted by atomic mass is 9.66. The van der Waals surface area contributed by atoms with Crippen LogP contribution in [0.3, 0.4) is 0 Å². The monoisotopic (exact) mass is 625 g/mol. The predicted octanol–water partition coefficient (Wildman–Crippen LogP) is 13.4. The first-order valence-corrected chi connectivity index (χ1v) is 16.8. The highest BCUT2D eigenvalue weighted by atomic mass is 15.1. The van der Waals surface area contributed by atoms with Gasteiger partial charge in [-0.05, 0) is 115 Å². The van der Waals surface area contributed by atoms with Crippen LogP contribution in [0.15, 0.2) is 158 Å². The number of fused-ring (bicyclic) bond motifs is 4. The first kappa shape index (κ1) is 32.8. The lowest BCUT2D eigenvalue weighted by Crippen LogP contribution is -2.29. The molecule has 2 aliphatic carbocycles. The van der Waals surface area contributed by atoms with Crippen molar-refractivity contribution in [3.8, 4) is 11.1 Å². The molecule has 4 aromatic rings. The van der Waals surface area contributed by atoms with Crippen LogP contribution >= 0.6 is 0 Å². The highest BCUT2D eigenvalue weighted by Crippen LogP contribution is 2.58. The third-order valence-corrected chi connectivity index (χ3v) is 10.8. The van der Waals surface area contributed by atoms with E-state index in [1.165, 1.54) is 55.7 Å². The molecule has 0 amide bonds. The normalized spacial score (nSPS) is 17.1. The van der Waals surface area contributed by atoms with Crippen LogP contribution in [0.25, 0.3) is 22.3 Å². The standard InChI is InChI=1S/C47H47N/c1-12-14-21-41(30(3)4)47(31(5)6)42-22-17-15-20-39(42)40-27-25-36(29-44(40)47)48(45-23-18-16-19-37(45)32(7)13-2)35-24-26-38-33(8)34(9)46(10,11)43(38)28-35/h12-29H,1-2,5,7H2,3-4,6,8-11H3/b21-14-. The second kappa shape index (κ2) is 12.1. The average Bonchev–Trinajstić information content (AvgIpc) is 3.46. The Kier molecular flexibility index (Phi) is 8.30. The molecule has 1 atom stereocenters. The summed E-state index contributed by atoms with van der Waals surface area (Å²) in [6.07, 6.45) is 7.96. The molecule has 0 radical (unpaired) electrons. The largest absolute Gasteiger partial charge is 0.310 e. The van der Waals surface area contributed by atoms with E-state index in [1.54, 1.807) is 0 Å². The Morgan fingerprint density at radius 2 is 1.31 bits per heavy atom. The molecule has 4 aromatic carbocycles. The first-order valence-electron chi connectivity index (χ1n) is 16.8. The van der Waals surface area contributed by atoms with Crippen molar-refractivity contribution in [1.82, 2.24) is 0 Å². The molecule has 0 N–H and O–H groups in total. The van der Waals surface area contributed by atoms with Crippen LogP contribution in [0.4, 0.5) is 17.1 Å². The van der Waals surface area contributed by atoms with Crippen molar-refractivity contribution < 1.29 is 0 Å². The van der Waals surface area contributed by atoms with Gasteiger partial charge < -0.3 is 4.90 Å². The first-order chi connectivity index (χ1) is 22.9. The van der Waals surface area contributed by atoms with Gasteiger partial charge in [-0.1, -0.05) is 136 Å². The van der Waals surface area contributed by atoms with Gasteiger partial charge in [-0.2, -0.15) is 0 Å². The molecule has 1 nitrogen and oxygen atoms in total. The Hall–Kier alpha value is -5.14. The van der Waals surface area contributed by atoms with E-state index < -0.39 is 5.41 Å². The molecule has 0 saturated heterocycles. The van der Waals surface area contributed by atoms with Crippen LogP contribution in [0.1, 0.15) is 76.3 Å². The van der Waals surface area contributed by atoms with E-state index in [2.05, 4.69) is 164 Å². The van der Waals surface area contributed by atoms with Crippen molar-refractivity contribution in [1.29, 1.82) is 0 Å². The fourth-order valence-corrected chi connectivity index (χ4v) is 8.08. The molecule has 0 aliphatic heterocycles.